The minimum atomic E-state index is 0.779. The van der Waals surface area contributed by atoms with Gasteiger partial charge in [0.2, 0.25) is 0 Å². The highest BCUT2D eigenvalue weighted by molar-refractivity contribution is 6.31. The summed E-state index contributed by atoms with van der Waals surface area (Å²) in [4.78, 5) is 2.09. The third kappa shape index (κ3) is 3.65. The Bertz CT molecular complexity index is 547. The highest BCUT2D eigenvalue weighted by Gasteiger charge is 1.99. The van der Waals surface area contributed by atoms with Gasteiger partial charge >= 0.3 is 0 Å². The second kappa shape index (κ2) is 5.98. The molecule has 0 saturated heterocycles. The van der Waals surface area contributed by atoms with Gasteiger partial charge < -0.3 is 10.2 Å². The number of nitrogens with zero attached hydrogens (tertiary/aromatic N) is 1. The molecular weight excluding hydrogens is 256 g/mol. The first-order valence-corrected chi connectivity index (χ1v) is 6.70. The predicted molar refractivity (Wildman–Crippen MR) is 84.3 cm³/mol. The average molecular weight is 275 g/mol. The summed E-state index contributed by atoms with van der Waals surface area (Å²) >= 11 is 6.12. The van der Waals surface area contributed by atoms with Crippen LogP contribution in [-0.4, -0.2) is 14.1 Å². The van der Waals surface area contributed by atoms with Crippen LogP contribution in [0.3, 0.4) is 0 Å². The molecule has 2 rings (SSSR count). The molecule has 100 valence electrons. The summed E-state index contributed by atoms with van der Waals surface area (Å²) in [5.74, 6) is 0. The maximum absolute atomic E-state index is 6.12. The van der Waals surface area contributed by atoms with Crippen LogP contribution >= 0.6 is 11.6 Å². The summed E-state index contributed by atoms with van der Waals surface area (Å²) in [6.45, 7) is 2.79. The lowest BCUT2D eigenvalue weighted by atomic mass is 10.1. The minimum Gasteiger partial charge on any atom is -0.381 e. The Morgan fingerprint density at radius 2 is 1.74 bits per heavy atom. The van der Waals surface area contributed by atoms with Crippen molar-refractivity contribution in [1.82, 2.24) is 0 Å². The van der Waals surface area contributed by atoms with Crippen molar-refractivity contribution in [1.29, 1.82) is 0 Å². The number of hydrogen-bond donors (Lipinski definition) is 1. The van der Waals surface area contributed by atoms with Crippen molar-refractivity contribution < 1.29 is 0 Å². The normalized spacial score (nSPS) is 10.3. The first kappa shape index (κ1) is 13.8. The molecule has 2 nitrogen and oxygen atoms in total. The summed E-state index contributed by atoms with van der Waals surface area (Å²) < 4.78 is 0. The van der Waals surface area contributed by atoms with Crippen molar-refractivity contribution in [2.45, 2.75) is 13.5 Å². The van der Waals surface area contributed by atoms with Crippen LogP contribution in [0.2, 0.25) is 5.02 Å². The topological polar surface area (TPSA) is 15.3 Å². The zero-order valence-electron chi connectivity index (χ0n) is 11.6. The quantitative estimate of drug-likeness (QED) is 0.893. The number of anilines is 2. The van der Waals surface area contributed by atoms with Gasteiger partial charge in [0.25, 0.3) is 0 Å². The first-order chi connectivity index (χ1) is 9.06. The van der Waals surface area contributed by atoms with Crippen LogP contribution in [-0.2, 0) is 6.54 Å². The Balaban J connectivity index is 2.00. The molecule has 0 aliphatic heterocycles. The first-order valence-electron chi connectivity index (χ1n) is 6.32. The molecule has 0 aromatic heterocycles. The average Bonchev–Trinajstić information content (AvgIpc) is 2.40. The van der Waals surface area contributed by atoms with Crippen molar-refractivity contribution in [3.05, 3.63) is 58.6 Å². The minimum absolute atomic E-state index is 0.779. The fourth-order valence-corrected chi connectivity index (χ4v) is 2.03. The van der Waals surface area contributed by atoms with Gasteiger partial charge in [0.1, 0.15) is 0 Å². The number of halogens is 1. The number of hydrogen-bond acceptors (Lipinski definition) is 2. The van der Waals surface area contributed by atoms with Crippen molar-refractivity contribution in [3.63, 3.8) is 0 Å². The van der Waals surface area contributed by atoms with Crippen LogP contribution in [0, 0.1) is 6.92 Å². The summed E-state index contributed by atoms with van der Waals surface area (Å²) in [5, 5.41) is 4.22. The van der Waals surface area contributed by atoms with E-state index < -0.39 is 0 Å². The van der Waals surface area contributed by atoms with Gasteiger partial charge in [-0.25, -0.2) is 0 Å². The van der Waals surface area contributed by atoms with Gasteiger partial charge in [-0.3, -0.25) is 0 Å². The molecule has 0 saturated carbocycles. The molecule has 2 aromatic carbocycles. The Labute approximate surface area is 120 Å². The van der Waals surface area contributed by atoms with E-state index in [0.717, 1.165) is 22.8 Å². The summed E-state index contributed by atoms with van der Waals surface area (Å²) in [7, 11) is 4.08. The molecule has 0 aliphatic rings. The largest absolute Gasteiger partial charge is 0.381 e. The molecule has 0 amide bonds. The maximum Gasteiger partial charge on any atom is 0.0438 e. The SMILES string of the molecule is Cc1ccc(CNc2ccc(N(C)C)cc2)cc1Cl. The van der Waals surface area contributed by atoms with E-state index in [0.29, 0.717) is 0 Å². The van der Waals surface area contributed by atoms with Crippen molar-refractivity contribution in [3.8, 4) is 0 Å². The smallest absolute Gasteiger partial charge is 0.0438 e. The maximum atomic E-state index is 6.12. The molecule has 1 N–H and O–H groups in total. The Morgan fingerprint density at radius 3 is 2.32 bits per heavy atom. The van der Waals surface area contributed by atoms with Crippen molar-refractivity contribution >= 4 is 23.0 Å². The van der Waals surface area contributed by atoms with Gasteiger partial charge in [-0.1, -0.05) is 23.7 Å². The highest BCUT2D eigenvalue weighted by atomic mass is 35.5. The summed E-state index contributed by atoms with van der Waals surface area (Å²) in [5.41, 5.74) is 4.61. The third-order valence-corrected chi connectivity index (χ3v) is 3.52. The highest BCUT2D eigenvalue weighted by Crippen LogP contribution is 2.19. The molecule has 0 atom stereocenters. The van der Waals surface area contributed by atoms with Crippen LogP contribution in [0.25, 0.3) is 0 Å². The van der Waals surface area contributed by atoms with Crippen molar-refractivity contribution in [2.75, 3.05) is 24.3 Å². The lowest BCUT2D eigenvalue weighted by molar-refractivity contribution is 1.12. The van der Waals surface area contributed by atoms with Crippen LogP contribution in [0.4, 0.5) is 11.4 Å². The van der Waals surface area contributed by atoms with E-state index >= 15 is 0 Å². The van der Waals surface area contributed by atoms with Crippen LogP contribution in [0.15, 0.2) is 42.5 Å². The van der Waals surface area contributed by atoms with Gasteiger partial charge in [0, 0.05) is 37.0 Å². The van der Waals surface area contributed by atoms with Crippen LogP contribution in [0.5, 0.6) is 0 Å². The predicted octanol–water partition coefficient (Wildman–Crippen LogP) is 4.33. The van der Waals surface area contributed by atoms with Gasteiger partial charge in [-0.15, -0.1) is 0 Å². The standard InChI is InChI=1S/C16H19ClN2/c1-12-4-5-13(10-16(12)17)11-18-14-6-8-15(9-7-14)19(2)3/h4-10,18H,11H2,1-3H3. The molecule has 0 radical (unpaired) electrons. The molecule has 0 spiro atoms. The number of benzene rings is 2. The van der Waals surface area contributed by atoms with Crippen LogP contribution in [0.1, 0.15) is 11.1 Å². The Morgan fingerprint density at radius 1 is 1.05 bits per heavy atom. The molecule has 2 aromatic rings. The van der Waals surface area contributed by atoms with Gasteiger partial charge in [0.05, 0.1) is 0 Å². The lowest BCUT2D eigenvalue weighted by Gasteiger charge is -2.13. The van der Waals surface area contributed by atoms with E-state index in [1.807, 2.05) is 27.1 Å². The summed E-state index contributed by atoms with van der Waals surface area (Å²) in [6, 6.07) is 14.5. The number of nitrogens with one attached hydrogen (secondary N) is 1. The Kier molecular flexibility index (Phi) is 4.33. The van der Waals surface area contributed by atoms with E-state index in [-0.39, 0.29) is 0 Å². The molecule has 0 bridgehead atoms. The van der Waals surface area contributed by atoms with Crippen molar-refractivity contribution in [2.24, 2.45) is 0 Å². The van der Waals surface area contributed by atoms with Gasteiger partial charge in [-0.2, -0.15) is 0 Å². The fourth-order valence-electron chi connectivity index (χ4n) is 1.83. The van der Waals surface area contributed by atoms with E-state index in [1.54, 1.807) is 0 Å². The number of aryl methyl sites for hydroxylation is 1. The molecule has 3 heteroatoms. The fraction of sp³-hybridized carbons (Fsp3) is 0.250. The second-order valence-corrected chi connectivity index (χ2v) is 5.29. The monoisotopic (exact) mass is 274 g/mol. The molecule has 0 unspecified atom stereocenters. The lowest BCUT2D eigenvalue weighted by Crippen LogP contribution is -2.08. The zero-order valence-corrected chi connectivity index (χ0v) is 12.3. The second-order valence-electron chi connectivity index (χ2n) is 4.88. The van der Waals surface area contributed by atoms with Gasteiger partial charge in [0.15, 0.2) is 0 Å². The van der Waals surface area contributed by atoms with Crippen LogP contribution < -0.4 is 10.2 Å². The van der Waals surface area contributed by atoms with E-state index in [9.17, 15) is 0 Å². The molecule has 19 heavy (non-hydrogen) atoms. The molecule has 0 aliphatic carbocycles. The number of rotatable bonds is 4. The van der Waals surface area contributed by atoms with Gasteiger partial charge in [-0.05, 0) is 48.4 Å². The molecule has 0 fully saturated rings. The van der Waals surface area contributed by atoms with E-state index in [4.69, 9.17) is 11.6 Å². The van der Waals surface area contributed by atoms with E-state index in [1.165, 1.54) is 11.3 Å². The molecule has 0 heterocycles. The van der Waals surface area contributed by atoms with E-state index in [2.05, 4.69) is 46.6 Å². The zero-order chi connectivity index (χ0) is 13.8. The molecular formula is C16H19ClN2. The Hall–Kier alpha value is -1.67. The summed E-state index contributed by atoms with van der Waals surface area (Å²) in [6.07, 6.45) is 0. The third-order valence-electron chi connectivity index (χ3n) is 3.12.